The Labute approximate surface area is 404 Å². The second-order valence-electron chi connectivity index (χ2n) is 18.9. The van der Waals surface area contributed by atoms with Crippen molar-refractivity contribution >= 4 is 86.2 Å². The lowest BCUT2D eigenvalue weighted by atomic mass is 9.88. The van der Waals surface area contributed by atoms with E-state index in [0.717, 1.165) is 57.6 Å². The van der Waals surface area contributed by atoms with Gasteiger partial charge in [-0.3, -0.25) is 0 Å². The molecule has 0 N–H and O–H groups in total. The molecule has 2 aliphatic heterocycles. The smallest absolute Gasteiger partial charge is 0.135 e. The van der Waals surface area contributed by atoms with Gasteiger partial charge >= 0.3 is 0 Å². The van der Waals surface area contributed by atoms with E-state index in [0.29, 0.717) is 0 Å². The molecule has 1 unspecified atom stereocenters. The molecule has 0 saturated heterocycles. The van der Waals surface area contributed by atoms with E-state index in [9.17, 15) is 0 Å². The van der Waals surface area contributed by atoms with Crippen molar-refractivity contribution in [3.63, 3.8) is 0 Å². The Morgan fingerprint density at radius 2 is 0.638 bits per heavy atom. The zero-order valence-electron chi connectivity index (χ0n) is 38.5. The normalized spacial score (nSPS) is 14.4. The maximum atomic E-state index is 7.87. The van der Waals surface area contributed by atoms with Crippen LogP contribution in [-0.2, 0) is 18.5 Å². The standard InChI is InChI=1S/C65H46O2P2/c1-40-35-46-19-7-13-25-55(46)62(64(40)66-68-37-48-30-27-42-15-3-9-21-51(42)58(48)59-49(38-68)31-28-43-16-4-10-22-52(43)59)63-56-26-14-8-20-47(56)36-41(2)65(63)67-69-39-50-32-29-44-17-5-11-23-53(44)60(50)61-54-24-12-6-18-45(54)33-34-57(61)69/h3-36H,37-39H2,1-2H3. The predicted octanol–water partition coefficient (Wildman–Crippen LogP) is 18.3. The summed E-state index contributed by atoms with van der Waals surface area (Å²) in [6.45, 7) is 4.48. The summed E-state index contributed by atoms with van der Waals surface area (Å²) in [6, 6.07) is 76.6. The van der Waals surface area contributed by atoms with Gasteiger partial charge in [0, 0.05) is 40.5 Å². The summed E-state index contributed by atoms with van der Waals surface area (Å²) in [4.78, 5) is 0. The van der Waals surface area contributed by atoms with Crippen molar-refractivity contribution in [1.82, 2.24) is 0 Å². The summed E-state index contributed by atoms with van der Waals surface area (Å²) in [5.41, 5.74) is 13.8. The summed E-state index contributed by atoms with van der Waals surface area (Å²) in [5.74, 6) is 1.89. The fourth-order valence-corrected chi connectivity index (χ4v) is 15.8. The number of rotatable bonds is 5. The Morgan fingerprint density at radius 1 is 0.304 bits per heavy atom. The molecule has 0 amide bonds. The molecule has 12 aromatic carbocycles. The molecule has 12 aromatic rings. The topological polar surface area (TPSA) is 18.5 Å². The van der Waals surface area contributed by atoms with Gasteiger partial charge in [-0.05, 0) is 141 Å². The Morgan fingerprint density at radius 3 is 1.09 bits per heavy atom. The van der Waals surface area contributed by atoms with Gasteiger partial charge in [0.1, 0.15) is 19.6 Å². The van der Waals surface area contributed by atoms with Crippen LogP contribution in [0.15, 0.2) is 206 Å². The van der Waals surface area contributed by atoms with E-state index >= 15 is 0 Å². The highest BCUT2D eigenvalue weighted by Gasteiger charge is 2.33. The van der Waals surface area contributed by atoms with Crippen LogP contribution in [0, 0.1) is 13.8 Å². The first kappa shape index (κ1) is 40.7. The average Bonchev–Trinajstić information content (AvgIpc) is 3.56. The molecular formula is C65H46O2P2. The van der Waals surface area contributed by atoms with Crippen molar-refractivity contribution in [3.05, 3.63) is 234 Å². The SMILES string of the molecule is Cc1cc2ccccc2c(-c2c(OP3Cc4ccc5ccccc5c4-c4c3ccc3ccccc43)c(C)cc3ccccc23)c1OP1Cc2ccc3ccccc3c2-c2c(ccc3ccccc23)C1. The van der Waals surface area contributed by atoms with Crippen LogP contribution in [0.1, 0.15) is 27.8 Å². The van der Waals surface area contributed by atoms with Gasteiger partial charge in [0.15, 0.2) is 0 Å². The molecular weight excluding hydrogens is 875 g/mol. The largest absolute Gasteiger partial charge is 0.472 e. The van der Waals surface area contributed by atoms with Crippen LogP contribution in [0.2, 0.25) is 0 Å². The number of hydrogen-bond acceptors (Lipinski definition) is 2. The Bertz CT molecular complexity index is 4030. The number of aryl methyl sites for hydroxylation is 2. The fourth-order valence-electron chi connectivity index (χ4n) is 11.7. The Hall–Kier alpha value is -7.34. The summed E-state index contributed by atoms with van der Waals surface area (Å²) in [6.07, 6.45) is 2.50. The Kier molecular flexibility index (Phi) is 9.52. The maximum Gasteiger partial charge on any atom is 0.135 e. The molecule has 0 bridgehead atoms. The molecule has 1 atom stereocenters. The van der Waals surface area contributed by atoms with Crippen molar-refractivity contribution in [1.29, 1.82) is 0 Å². The summed E-state index contributed by atoms with van der Waals surface area (Å²) < 4.78 is 15.7. The second-order valence-corrected chi connectivity index (χ2v) is 22.4. The Balaban J connectivity index is 0.976. The molecule has 0 aromatic heterocycles. The molecule has 0 aliphatic carbocycles. The van der Waals surface area contributed by atoms with Gasteiger partial charge in [-0.2, -0.15) is 0 Å². The van der Waals surface area contributed by atoms with Gasteiger partial charge in [0.2, 0.25) is 0 Å². The lowest BCUT2D eigenvalue weighted by Gasteiger charge is -2.32. The first-order valence-electron chi connectivity index (χ1n) is 24.0. The summed E-state index contributed by atoms with van der Waals surface area (Å²) in [7, 11) is -2.21. The molecule has 0 saturated carbocycles. The van der Waals surface area contributed by atoms with Gasteiger partial charge < -0.3 is 9.05 Å². The third-order valence-corrected chi connectivity index (χ3v) is 18.5. The molecule has 0 spiro atoms. The molecule has 14 rings (SSSR count). The number of benzene rings is 12. The van der Waals surface area contributed by atoms with E-state index in [1.165, 1.54) is 103 Å². The van der Waals surface area contributed by atoms with Crippen LogP contribution < -0.4 is 14.4 Å². The zero-order chi connectivity index (χ0) is 45.7. The summed E-state index contributed by atoms with van der Waals surface area (Å²) >= 11 is 0. The molecule has 0 fully saturated rings. The van der Waals surface area contributed by atoms with Crippen LogP contribution in [0.5, 0.6) is 11.5 Å². The first-order chi connectivity index (χ1) is 34.0. The highest BCUT2D eigenvalue weighted by atomic mass is 31.1. The monoisotopic (exact) mass is 920 g/mol. The maximum absolute atomic E-state index is 7.87. The second kappa shape index (κ2) is 16.1. The summed E-state index contributed by atoms with van der Waals surface area (Å²) in [5, 5.41) is 16.2. The van der Waals surface area contributed by atoms with Crippen LogP contribution in [0.4, 0.5) is 0 Å². The lowest BCUT2D eigenvalue weighted by molar-refractivity contribution is 0.603. The van der Waals surface area contributed by atoms with Crippen LogP contribution >= 0.6 is 16.3 Å². The minimum absolute atomic E-state index is 0.817. The van der Waals surface area contributed by atoms with Crippen molar-refractivity contribution in [2.24, 2.45) is 0 Å². The minimum atomic E-state index is -1.16. The van der Waals surface area contributed by atoms with Crippen LogP contribution in [-0.4, -0.2) is 0 Å². The average molecular weight is 921 g/mol. The van der Waals surface area contributed by atoms with Gasteiger partial charge in [-0.1, -0.05) is 188 Å². The van der Waals surface area contributed by atoms with Gasteiger partial charge in [-0.15, -0.1) is 0 Å². The number of hydrogen-bond donors (Lipinski definition) is 0. The molecule has 2 heterocycles. The minimum Gasteiger partial charge on any atom is -0.472 e. The highest BCUT2D eigenvalue weighted by molar-refractivity contribution is 7.61. The van der Waals surface area contributed by atoms with Crippen molar-refractivity contribution in [3.8, 4) is 44.9 Å². The van der Waals surface area contributed by atoms with Crippen molar-refractivity contribution in [2.75, 3.05) is 0 Å². The lowest BCUT2D eigenvalue weighted by Crippen LogP contribution is -2.17. The zero-order valence-corrected chi connectivity index (χ0v) is 40.3. The van der Waals surface area contributed by atoms with Crippen molar-refractivity contribution < 1.29 is 9.05 Å². The van der Waals surface area contributed by atoms with E-state index in [1.54, 1.807) is 0 Å². The third-order valence-electron chi connectivity index (χ3n) is 14.8. The van der Waals surface area contributed by atoms with Crippen LogP contribution in [0.3, 0.4) is 0 Å². The van der Waals surface area contributed by atoms with Crippen molar-refractivity contribution in [2.45, 2.75) is 32.3 Å². The quantitative estimate of drug-likeness (QED) is 0.160. The van der Waals surface area contributed by atoms with E-state index in [4.69, 9.17) is 9.05 Å². The van der Waals surface area contributed by atoms with Gasteiger partial charge in [-0.25, -0.2) is 0 Å². The van der Waals surface area contributed by atoms with E-state index in [-0.39, 0.29) is 0 Å². The van der Waals surface area contributed by atoms with Gasteiger partial charge in [0.25, 0.3) is 0 Å². The fraction of sp³-hybridized carbons (Fsp3) is 0.0769. The molecule has 4 heteroatoms. The molecule has 0 radical (unpaired) electrons. The van der Waals surface area contributed by atoms with Crippen LogP contribution in [0.25, 0.3) is 98.0 Å². The molecule has 2 nitrogen and oxygen atoms in total. The van der Waals surface area contributed by atoms with E-state index < -0.39 is 16.3 Å². The molecule has 69 heavy (non-hydrogen) atoms. The molecule has 2 aliphatic rings. The highest BCUT2D eigenvalue weighted by Crippen LogP contribution is 2.60. The van der Waals surface area contributed by atoms with E-state index in [1.807, 2.05) is 0 Å². The van der Waals surface area contributed by atoms with E-state index in [2.05, 4.69) is 220 Å². The molecule has 328 valence electrons. The third kappa shape index (κ3) is 6.54. The van der Waals surface area contributed by atoms with Gasteiger partial charge in [0.05, 0.1) is 8.15 Å². The predicted molar refractivity (Wildman–Crippen MR) is 296 cm³/mol. The first-order valence-corrected chi connectivity index (χ1v) is 27.1. The number of fused-ring (bicyclic) bond motifs is 16.